The van der Waals surface area contributed by atoms with Crippen LogP contribution in [-0.4, -0.2) is 15.0 Å². The molecule has 0 saturated heterocycles. The topological polar surface area (TPSA) is 41.9 Å². The van der Waals surface area contributed by atoms with Crippen molar-refractivity contribution in [2.75, 3.05) is 4.90 Å². The second-order valence-corrected chi connectivity index (χ2v) is 12.9. The highest BCUT2D eigenvalue weighted by Crippen LogP contribution is 2.40. The number of fused-ring (bicyclic) bond motifs is 1. The maximum atomic E-state index is 5.20. The SMILES string of the molecule is c1ccc(-c2ccc(-c3nc(-c4ccc(-c5cccc6ccccc56)cc4)nc(-c4ccccc4N(c4ccccc4)c4ccccc4)n3)cc2)cc1. The number of benzene rings is 8. The van der Waals surface area contributed by atoms with Gasteiger partial charge in [-0.1, -0.05) is 170 Å². The van der Waals surface area contributed by atoms with Gasteiger partial charge >= 0.3 is 0 Å². The van der Waals surface area contributed by atoms with Gasteiger partial charge in [-0.3, -0.25) is 0 Å². The second kappa shape index (κ2) is 14.2. The molecule has 4 heteroatoms. The molecular weight excluding hydrogens is 645 g/mol. The molecule has 0 aliphatic rings. The highest BCUT2D eigenvalue weighted by atomic mass is 15.1. The van der Waals surface area contributed by atoms with E-state index in [9.17, 15) is 0 Å². The molecule has 0 fully saturated rings. The van der Waals surface area contributed by atoms with Gasteiger partial charge in [0.1, 0.15) is 0 Å². The number of rotatable bonds is 8. The quantitative estimate of drug-likeness (QED) is 0.160. The summed E-state index contributed by atoms with van der Waals surface area (Å²) < 4.78 is 0. The van der Waals surface area contributed by atoms with Crippen LogP contribution < -0.4 is 4.90 Å². The van der Waals surface area contributed by atoms with Gasteiger partial charge in [0.2, 0.25) is 0 Å². The summed E-state index contributed by atoms with van der Waals surface area (Å²) >= 11 is 0. The van der Waals surface area contributed by atoms with Crippen molar-refractivity contribution >= 4 is 27.8 Å². The van der Waals surface area contributed by atoms with Gasteiger partial charge < -0.3 is 4.90 Å². The van der Waals surface area contributed by atoms with E-state index >= 15 is 0 Å². The van der Waals surface area contributed by atoms with Crippen molar-refractivity contribution in [3.05, 3.63) is 206 Å². The van der Waals surface area contributed by atoms with Gasteiger partial charge in [-0.2, -0.15) is 0 Å². The molecule has 0 aliphatic carbocycles. The van der Waals surface area contributed by atoms with Gasteiger partial charge in [-0.15, -0.1) is 0 Å². The van der Waals surface area contributed by atoms with Gasteiger partial charge in [0.05, 0.1) is 5.69 Å². The normalized spacial score (nSPS) is 11.0. The van der Waals surface area contributed by atoms with Crippen molar-refractivity contribution in [1.29, 1.82) is 0 Å². The number of nitrogens with zero attached hydrogens (tertiary/aromatic N) is 4. The molecule has 0 saturated carbocycles. The van der Waals surface area contributed by atoms with Gasteiger partial charge in [0, 0.05) is 28.1 Å². The molecule has 0 bridgehead atoms. The van der Waals surface area contributed by atoms with Crippen molar-refractivity contribution in [1.82, 2.24) is 15.0 Å². The van der Waals surface area contributed by atoms with Crippen LogP contribution in [0.5, 0.6) is 0 Å². The number of hydrogen-bond acceptors (Lipinski definition) is 4. The molecule has 250 valence electrons. The van der Waals surface area contributed by atoms with Crippen LogP contribution in [0.2, 0.25) is 0 Å². The van der Waals surface area contributed by atoms with Gasteiger partial charge in [-0.05, 0) is 69.4 Å². The molecule has 0 unspecified atom stereocenters. The van der Waals surface area contributed by atoms with Crippen LogP contribution in [0.3, 0.4) is 0 Å². The molecular formula is C49H34N4. The smallest absolute Gasteiger partial charge is 0.166 e. The number of aromatic nitrogens is 3. The molecule has 0 aliphatic heterocycles. The lowest BCUT2D eigenvalue weighted by molar-refractivity contribution is 1.07. The zero-order valence-electron chi connectivity index (χ0n) is 28.9. The Balaban J connectivity index is 1.19. The lowest BCUT2D eigenvalue weighted by Crippen LogP contribution is -2.12. The van der Waals surface area contributed by atoms with Gasteiger partial charge in [-0.25, -0.2) is 15.0 Å². The van der Waals surface area contributed by atoms with Crippen LogP contribution in [0.15, 0.2) is 206 Å². The zero-order chi connectivity index (χ0) is 35.4. The average molecular weight is 679 g/mol. The Morgan fingerprint density at radius 3 is 1.36 bits per heavy atom. The van der Waals surface area contributed by atoms with Crippen LogP contribution in [-0.2, 0) is 0 Å². The van der Waals surface area contributed by atoms with Crippen molar-refractivity contribution in [3.63, 3.8) is 0 Å². The fourth-order valence-corrected chi connectivity index (χ4v) is 6.91. The lowest BCUT2D eigenvalue weighted by Gasteiger charge is -2.27. The summed E-state index contributed by atoms with van der Waals surface area (Å²) in [5, 5.41) is 2.45. The molecule has 8 aromatic carbocycles. The molecule has 0 radical (unpaired) electrons. The summed E-state index contributed by atoms with van der Waals surface area (Å²) in [6.07, 6.45) is 0. The third-order valence-corrected chi connectivity index (χ3v) is 9.54. The third kappa shape index (κ3) is 6.46. The van der Waals surface area contributed by atoms with Crippen LogP contribution in [0.4, 0.5) is 17.1 Å². The first kappa shape index (κ1) is 31.8. The van der Waals surface area contributed by atoms with Crippen LogP contribution in [0, 0.1) is 0 Å². The zero-order valence-corrected chi connectivity index (χ0v) is 28.9. The largest absolute Gasteiger partial charge is 0.310 e. The minimum absolute atomic E-state index is 0.600. The van der Waals surface area contributed by atoms with E-state index in [1.807, 2.05) is 24.3 Å². The van der Waals surface area contributed by atoms with E-state index in [0.29, 0.717) is 17.5 Å². The van der Waals surface area contributed by atoms with Crippen molar-refractivity contribution in [2.24, 2.45) is 0 Å². The van der Waals surface area contributed by atoms with E-state index in [0.717, 1.165) is 44.9 Å². The second-order valence-electron chi connectivity index (χ2n) is 12.9. The Morgan fingerprint density at radius 1 is 0.283 bits per heavy atom. The highest BCUT2D eigenvalue weighted by Gasteiger charge is 2.20. The Hall–Kier alpha value is -7.17. The standard InChI is InChI=1S/C49H34N4/c1-4-15-35(16-5-1)36-27-31-39(32-28-36)47-50-48(40-33-29-38(30-34-40)44-25-14-18-37-17-10-11-23-43(37)44)52-49(51-47)45-24-12-13-26-46(45)53(41-19-6-2-7-20-41)42-21-8-3-9-22-42/h1-34H. The molecule has 1 aromatic heterocycles. The molecule has 0 N–H and O–H groups in total. The minimum atomic E-state index is 0.600. The van der Waals surface area contributed by atoms with Crippen molar-refractivity contribution in [2.45, 2.75) is 0 Å². The Morgan fingerprint density at radius 2 is 0.717 bits per heavy atom. The fourth-order valence-electron chi connectivity index (χ4n) is 6.91. The predicted molar refractivity (Wildman–Crippen MR) is 219 cm³/mol. The molecule has 1 heterocycles. The molecule has 0 amide bonds. The van der Waals surface area contributed by atoms with E-state index < -0.39 is 0 Å². The van der Waals surface area contributed by atoms with Crippen molar-refractivity contribution < 1.29 is 0 Å². The average Bonchev–Trinajstić information content (AvgIpc) is 3.25. The lowest BCUT2D eigenvalue weighted by atomic mass is 9.97. The summed E-state index contributed by atoms with van der Waals surface area (Å²) in [5.74, 6) is 1.83. The third-order valence-electron chi connectivity index (χ3n) is 9.54. The van der Waals surface area contributed by atoms with Crippen LogP contribution >= 0.6 is 0 Å². The summed E-state index contributed by atoms with van der Waals surface area (Å²) in [4.78, 5) is 17.7. The summed E-state index contributed by atoms with van der Waals surface area (Å²) in [5.41, 5.74) is 10.4. The minimum Gasteiger partial charge on any atom is -0.310 e. The Labute approximate surface area is 309 Å². The predicted octanol–water partition coefficient (Wildman–Crippen LogP) is 12.8. The first-order chi connectivity index (χ1) is 26.3. The summed E-state index contributed by atoms with van der Waals surface area (Å²) in [7, 11) is 0. The van der Waals surface area contributed by atoms with E-state index in [1.165, 1.54) is 21.9 Å². The maximum absolute atomic E-state index is 5.20. The fraction of sp³-hybridized carbons (Fsp3) is 0. The monoisotopic (exact) mass is 678 g/mol. The molecule has 0 spiro atoms. The Bertz CT molecular complexity index is 2590. The molecule has 4 nitrogen and oxygen atoms in total. The van der Waals surface area contributed by atoms with Crippen molar-refractivity contribution in [3.8, 4) is 56.4 Å². The van der Waals surface area contributed by atoms with E-state index in [1.54, 1.807) is 0 Å². The highest BCUT2D eigenvalue weighted by molar-refractivity contribution is 5.97. The van der Waals surface area contributed by atoms with E-state index in [2.05, 4.69) is 187 Å². The first-order valence-corrected chi connectivity index (χ1v) is 17.8. The summed E-state index contributed by atoms with van der Waals surface area (Å²) in [6, 6.07) is 71.5. The molecule has 53 heavy (non-hydrogen) atoms. The van der Waals surface area contributed by atoms with E-state index in [4.69, 9.17) is 15.0 Å². The first-order valence-electron chi connectivity index (χ1n) is 17.8. The molecule has 9 aromatic rings. The number of para-hydroxylation sites is 3. The van der Waals surface area contributed by atoms with Crippen LogP contribution in [0.1, 0.15) is 0 Å². The molecule has 0 atom stereocenters. The van der Waals surface area contributed by atoms with Crippen LogP contribution in [0.25, 0.3) is 67.2 Å². The maximum Gasteiger partial charge on any atom is 0.166 e. The van der Waals surface area contributed by atoms with Gasteiger partial charge in [0.25, 0.3) is 0 Å². The number of hydrogen-bond donors (Lipinski definition) is 0. The van der Waals surface area contributed by atoms with E-state index in [-0.39, 0.29) is 0 Å². The Kier molecular flexibility index (Phi) is 8.53. The van der Waals surface area contributed by atoms with Gasteiger partial charge in [0.15, 0.2) is 17.5 Å². The summed E-state index contributed by atoms with van der Waals surface area (Å²) in [6.45, 7) is 0. The number of anilines is 3. The molecule has 9 rings (SSSR count).